The molecule has 1 aromatic carbocycles. The standard InChI is InChI=1S/C19H30N2O/c1-16(2)15-20-10-12-21(13-11-20)19(3,4)14-18(22)17-8-6-5-7-9-17/h5-9,16H,10-15H2,1-4H3. The van der Waals surface area contributed by atoms with Gasteiger partial charge in [-0.1, -0.05) is 44.2 Å². The lowest BCUT2D eigenvalue weighted by atomic mass is 9.91. The van der Waals surface area contributed by atoms with Gasteiger partial charge in [0.1, 0.15) is 0 Å². The van der Waals surface area contributed by atoms with Gasteiger partial charge in [-0.3, -0.25) is 9.69 Å². The van der Waals surface area contributed by atoms with E-state index in [1.165, 1.54) is 6.54 Å². The average molecular weight is 302 g/mol. The second-order valence-corrected chi connectivity index (χ2v) is 7.46. The van der Waals surface area contributed by atoms with Crippen molar-refractivity contribution in [1.82, 2.24) is 9.80 Å². The zero-order valence-electron chi connectivity index (χ0n) is 14.5. The van der Waals surface area contributed by atoms with Gasteiger partial charge in [0, 0.05) is 50.2 Å². The molecular weight excluding hydrogens is 272 g/mol. The van der Waals surface area contributed by atoms with Gasteiger partial charge in [-0.25, -0.2) is 0 Å². The highest BCUT2D eigenvalue weighted by Crippen LogP contribution is 2.23. The van der Waals surface area contributed by atoms with Gasteiger partial charge in [0.15, 0.2) is 5.78 Å². The van der Waals surface area contributed by atoms with E-state index in [-0.39, 0.29) is 11.3 Å². The molecule has 1 aromatic rings. The van der Waals surface area contributed by atoms with Crippen molar-refractivity contribution < 1.29 is 4.79 Å². The molecule has 0 aliphatic carbocycles. The van der Waals surface area contributed by atoms with Crippen LogP contribution in [0.25, 0.3) is 0 Å². The molecule has 0 bridgehead atoms. The highest BCUT2D eigenvalue weighted by Gasteiger charge is 2.32. The van der Waals surface area contributed by atoms with E-state index in [0.29, 0.717) is 6.42 Å². The summed E-state index contributed by atoms with van der Waals surface area (Å²) < 4.78 is 0. The molecule has 0 saturated carbocycles. The van der Waals surface area contributed by atoms with Crippen molar-refractivity contribution >= 4 is 5.78 Å². The van der Waals surface area contributed by atoms with Crippen molar-refractivity contribution in [2.24, 2.45) is 5.92 Å². The molecule has 22 heavy (non-hydrogen) atoms. The number of carbonyl (C=O) groups is 1. The monoisotopic (exact) mass is 302 g/mol. The number of carbonyl (C=O) groups excluding carboxylic acids is 1. The topological polar surface area (TPSA) is 23.6 Å². The number of ketones is 1. The van der Waals surface area contributed by atoms with E-state index in [4.69, 9.17) is 0 Å². The van der Waals surface area contributed by atoms with E-state index in [1.54, 1.807) is 0 Å². The van der Waals surface area contributed by atoms with Crippen LogP contribution in [0.5, 0.6) is 0 Å². The number of hydrogen-bond acceptors (Lipinski definition) is 3. The number of benzene rings is 1. The van der Waals surface area contributed by atoms with Crippen LogP contribution in [-0.4, -0.2) is 53.8 Å². The van der Waals surface area contributed by atoms with Gasteiger partial charge in [-0.2, -0.15) is 0 Å². The summed E-state index contributed by atoms with van der Waals surface area (Å²) in [5.74, 6) is 0.967. The third-order valence-electron chi connectivity index (χ3n) is 4.54. The molecule has 0 amide bonds. The zero-order valence-corrected chi connectivity index (χ0v) is 14.5. The Labute approximate surface area is 135 Å². The van der Waals surface area contributed by atoms with Gasteiger partial charge < -0.3 is 4.90 Å². The first kappa shape index (κ1) is 17.2. The summed E-state index contributed by atoms with van der Waals surface area (Å²) in [6.07, 6.45) is 0.585. The van der Waals surface area contributed by atoms with Gasteiger partial charge in [0.2, 0.25) is 0 Å². The Morgan fingerprint density at radius 3 is 2.23 bits per heavy atom. The normalized spacial score (nSPS) is 17.9. The lowest BCUT2D eigenvalue weighted by Gasteiger charge is -2.44. The van der Waals surface area contributed by atoms with Crippen LogP contribution < -0.4 is 0 Å². The first-order chi connectivity index (χ1) is 10.4. The van der Waals surface area contributed by atoms with Crippen LogP contribution in [0.3, 0.4) is 0 Å². The van der Waals surface area contributed by atoms with Gasteiger partial charge in [0.25, 0.3) is 0 Å². The molecule has 1 aliphatic rings. The second-order valence-electron chi connectivity index (χ2n) is 7.46. The molecule has 1 heterocycles. The fourth-order valence-electron chi connectivity index (χ4n) is 3.28. The summed E-state index contributed by atoms with van der Waals surface area (Å²) in [6.45, 7) is 14.5. The third-order valence-corrected chi connectivity index (χ3v) is 4.54. The first-order valence-electron chi connectivity index (χ1n) is 8.44. The summed E-state index contributed by atoms with van der Waals surface area (Å²) in [7, 11) is 0. The molecule has 3 heteroatoms. The number of piperazine rings is 1. The van der Waals surface area contributed by atoms with Crippen LogP contribution in [0.15, 0.2) is 30.3 Å². The molecular formula is C19H30N2O. The fourth-order valence-corrected chi connectivity index (χ4v) is 3.28. The van der Waals surface area contributed by atoms with Crippen LogP contribution in [-0.2, 0) is 0 Å². The summed E-state index contributed by atoms with van der Waals surface area (Å²) >= 11 is 0. The largest absolute Gasteiger partial charge is 0.301 e. The van der Waals surface area contributed by atoms with Crippen molar-refractivity contribution in [1.29, 1.82) is 0 Å². The molecule has 3 nitrogen and oxygen atoms in total. The van der Waals surface area contributed by atoms with Crippen molar-refractivity contribution in [2.45, 2.75) is 39.7 Å². The Hall–Kier alpha value is -1.19. The maximum Gasteiger partial charge on any atom is 0.164 e. The molecule has 0 N–H and O–H groups in total. The lowest BCUT2D eigenvalue weighted by Crippen LogP contribution is -2.55. The highest BCUT2D eigenvalue weighted by molar-refractivity contribution is 5.96. The van der Waals surface area contributed by atoms with E-state index >= 15 is 0 Å². The average Bonchev–Trinajstić information content (AvgIpc) is 2.47. The SMILES string of the molecule is CC(C)CN1CCN(C(C)(C)CC(=O)c2ccccc2)CC1. The minimum Gasteiger partial charge on any atom is -0.301 e. The van der Waals surface area contributed by atoms with E-state index in [2.05, 4.69) is 37.5 Å². The van der Waals surface area contributed by atoms with E-state index < -0.39 is 0 Å². The number of rotatable bonds is 6. The predicted octanol–water partition coefficient (Wildman–Crippen LogP) is 3.31. The van der Waals surface area contributed by atoms with Crippen LogP contribution in [0.2, 0.25) is 0 Å². The van der Waals surface area contributed by atoms with Crippen LogP contribution >= 0.6 is 0 Å². The highest BCUT2D eigenvalue weighted by atomic mass is 16.1. The Bertz CT molecular complexity index is 473. The smallest absolute Gasteiger partial charge is 0.164 e. The molecule has 0 aromatic heterocycles. The number of Topliss-reactive ketones (excluding diaryl/α,β-unsaturated/α-hetero) is 1. The third kappa shape index (κ3) is 4.65. The lowest BCUT2D eigenvalue weighted by molar-refractivity contribution is 0.0411. The van der Waals surface area contributed by atoms with Crippen molar-refractivity contribution in [3.63, 3.8) is 0 Å². The molecule has 2 rings (SSSR count). The molecule has 1 saturated heterocycles. The molecule has 0 radical (unpaired) electrons. The van der Waals surface area contributed by atoms with Gasteiger partial charge >= 0.3 is 0 Å². The van der Waals surface area contributed by atoms with Crippen LogP contribution in [0.1, 0.15) is 44.5 Å². The summed E-state index contributed by atoms with van der Waals surface area (Å²) in [5.41, 5.74) is 0.755. The minimum absolute atomic E-state index is 0.0726. The van der Waals surface area contributed by atoms with Gasteiger partial charge in [-0.05, 0) is 19.8 Å². The van der Waals surface area contributed by atoms with E-state index in [0.717, 1.165) is 37.7 Å². The van der Waals surface area contributed by atoms with E-state index in [9.17, 15) is 4.79 Å². The van der Waals surface area contributed by atoms with Crippen molar-refractivity contribution in [3.05, 3.63) is 35.9 Å². The maximum absolute atomic E-state index is 12.5. The first-order valence-corrected chi connectivity index (χ1v) is 8.44. The molecule has 1 fully saturated rings. The van der Waals surface area contributed by atoms with Gasteiger partial charge in [0.05, 0.1) is 0 Å². The number of hydrogen-bond donors (Lipinski definition) is 0. The Morgan fingerprint density at radius 1 is 1.09 bits per heavy atom. The summed E-state index contributed by atoms with van der Waals surface area (Å²) in [5, 5.41) is 0. The van der Waals surface area contributed by atoms with Crippen LogP contribution in [0, 0.1) is 5.92 Å². The predicted molar refractivity (Wildman–Crippen MR) is 92.3 cm³/mol. The van der Waals surface area contributed by atoms with Gasteiger partial charge in [-0.15, -0.1) is 0 Å². The molecule has 122 valence electrons. The number of nitrogens with zero attached hydrogens (tertiary/aromatic N) is 2. The zero-order chi connectivity index (χ0) is 16.2. The van der Waals surface area contributed by atoms with Crippen molar-refractivity contribution in [3.8, 4) is 0 Å². The van der Waals surface area contributed by atoms with Crippen molar-refractivity contribution in [2.75, 3.05) is 32.7 Å². The van der Waals surface area contributed by atoms with Crippen LogP contribution in [0.4, 0.5) is 0 Å². The Balaban J connectivity index is 1.90. The molecule has 0 atom stereocenters. The fraction of sp³-hybridized carbons (Fsp3) is 0.632. The quantitative estimate of drug-likeness (QED) is 0.753. The molecule has 0 spiro atoms. The Kier molecular flexibility index (Phi) is 5.76. The Morgan fingerprint density at radius 2 is 1.68 bits per heavy atom. The van der Waals surface area contributed by atoms with E-state index in [1.807, 2.05) is 30.3 Å². The minimum atomic E-state index is -0.0726. The second kappa shape index (κ2) is 7.38. The molecule has 1 aliphatic heterocycles. The maximum atomic E-state index is 12.5. The molecule has 0 unspecified atom stereocenters. The summed E-state index contributed by atoms with van der Waals surface area (Å²) in [4.78, 5) is 17.5. The summed E-state index contributed by atoms with van der Waals surface area (Å²) in [6, 6.07) is 9.66.